The van der Waals surface area contributed by atoms with Gasteiger partial charge in [-0.3, -0.25) is 4.99 Å². The van der Waals surface area contributed by atoms with E-state index >= 15 is 0 Å². The lowest BCUT2D eigenvalue weighted by Crippen LogP contribution is -2.53. The molecule has 144 valence electrons. The smallest absolute Gasteiger partial charge is 0.194 e. The molecule has 0 aromatic heterocycles. The van der Waals surface area contributed by atoms with Crippen molar-refractivity contribution in [2.75, 3.05) is 53.0 Å². The first kappa shape index (κ1) is 18.9. The summed E-state index contributed by atoms with van der Waals surface area (Å²) in [6, 6.07) is 0.769. The number of hydrogen-bond donors (Lipinski definition) is 1. The maximum atomic E-state index is 5.97. The number of nitrogens with one attached hydrogen (secondary N) is 1. The van der Waals surface area contributed by atoms with Crippen molar-refractivity contribution in [3.63, 3.8) is 0 Å². The lowest BCUT2D eigenvalue weighted by Gasteiger charge is -2.37. The zero-order chi connectivity index (χ0) is 17.5. The highest BCUT2D eigenvalue weighted by molar-refractivity contribution is 5.80. The number of rotatable bonds is 6. The summed E-state index contributed by atoms with van der Waals surface area (Å²) >= 11 is 0. The molecular weight excluding hydrogens is 316 g/mol. The highest BCUT2D eigenvalue weighted by atomic mass is 16.5. The Morgan fingerprint density at radius 2 is 1.92 bits per heavy atom. The number of aliphatic imine (C=N–C) groups is 1. The van der Waals surface area contributed by atoms with E-state index in [4.69, 9.17) is 14.5 Å². The maximum absolute atomic E-state index is 5.97. The third-order valence-corrected chi connectivity index (χ3v) is 5.77. The van der Waals surface area contributed by atoms with Gasteiger partial charge in [-0.15, -0.1) is 0 Å². The lowest BCUT2D eigenvalue weighted by atomic mass is 10.1. The van der Waals surface area contributed by atoms with E-state index in [1.54, 1.807) is 0 Å². The van der Waals surface area contributed by atoms with Crippen molar-refractivity contribution < 1.29 is 9.47 Å². The van der Waals surface area contributed by atoms with Crippen molar-refractivity contribution in [1.29, 1.82) is 0 Å². The van der Waals surface area contributed by atoms with Crippen LogP contribution in [0.1, 0.15) is 45.4 Å². The molecule has 0 spiro atoms. The van der Waals surface area contributed by atoms with Crippen LogP contribution in [0, 0.1) is 0 Å². The minimum Gasteiger partial charge on any atom is -0.375 e. The van der Waals surface area contributed by atoms with E-state index in [9.17, 15) is 0 Å². The third kappa shape index (κ3) is 5.31. The fourth-order valence-electron chi connectivity index (χ4n) is 4.26. The average Bonchev–Trinajstić information content (AvgIpc) is 3.34. The minimum atomic E-state index is 0.182. The summed E-state index contributed by atoms with van der Waals surface area (Å²) in [4.78, 5) is 9.75. The van der Waals surface area contributed by atoms with Crippen LogP contribution in [0.3, 0.4) is 0 Å². The normalized spacial score (nSPS) is 28.9. The van der Waals surface area contributed by atoms with Gasteiger partial charge in [0.05, 0.1) is 19.3 Å². The molecule has 6 nitrogen and oxygen atoms in total. The number of morpholine rings is 1. The molecule has 0 amide bonds. The molecule has 6 heteroatoms. The topological polar surface area (TPSA) is 49.3 Å². The summed E-state index contributed by atoms with van der Waals surface area (Å²) in [5, 5.41) is 3.47. The molecule has 1 N–H and O–H groups in total. The molecule has 2 atom stereocenters. The summed E-state index contributed by atoms with van der Waals surface area (Å²) in [5.74, 6) is 1.04. The first-order valence-corrected chi connectivity index (χ1v) is 10.2. The summed E-state index contributed by atoms with van der Waals surface area (Å²) in [6.45, 7) is 8.37. The molecule has 2 aliphatic heterocycles. The van der Waals surface area contributed by atoms with E-state index in [0.29, 0.717) is 0 Å². The molecule has 0 bridgehead atoms. The molecule has 2 unspecified atom stereocenters. The number of guanidine groups is 1. The van der Waals surface area contributed by atoms with Gasteiger partial charge in [0.25, 0.3) is 0 Å². The molecule has 1 saturated carbocycles. The fourth-order valence-corrected chi connectivity index (χ4v) is 4.26. The Bertz CT molecular complexity index is 420. The molecule has 3 aliphatic rings. The van der Waals surface area contributed by atoms with Gasteiger partial charge in [0.1, 0.15) is 6.10 Å². The van der Waals surface area contributed by atoms with Crippen molar-refractivity contribution in [1.82, 2.24) is 15.1 Å². The third-order valence-electron chi connectivity index (χ3n) is 5.77. The van der Waals surface area contributed by atoms with Crippen molar-refractivity contribution in [3.8, 4) is 0 Å². The van der Waals surface area contributed by atoms with Crippen LogP contribution in [0.4, 0.5) is 0 Å². The summed E-state index contributed by atoms with van der Waals surface area (Å²) in [5.41, 5.74) is 0. The van der Waals surface area contributed by atoms with Gasteiger partial charge in [0, 0.05) is 38.8 Å². The van der Waals surface area contributed by atoms with E-state index in [0.717, 1.165) is 70.8 Å². The number of likely N-dealkylation sites (N-methyl/N-ethyl adjacent to an activating group) is 1. The van der Waals surface area contributed by atoms with Crippen LogP contribution in [0.15, 0.2) is 4.99 Å². The Labute approximate surface area is 152 Å². The van der Waals surface area contributed by atoms with Gasteiger partial charge in [0.2, 0.25) is 0 Å². The van der Waals surface area contributed by atoms with Gasteiger partial charge < -0.3 is 24.6 Å². The molecule has 3 rings (SSSR count). The zero-order valence-electron chi connectivity index (χ0n) is 16.1. The number of hydrogen-bond acceptors (Lipinski definition) is 4. The summed E-state index contributed by atoms with van der Waals surface area (Å²) < 4.78 is 11.8. The van der Waals surface area contributed by atoms with Crippen LogP contribution in [0.5, 0.6) is 0 Å². The Morgan fingerprint density at radius 1 is 1.12 bits per heavy atom. The first-order chi connectivity index (χ1) is 12.3. The van der Waals surface area contributed by atoms with E-state index in [1.165, 1.54) is 25.7 Å². The zero-order valence-corrected chi connectivity index (χ0v) is 16.1. The Hall–Kier alpha value is -0.850. The van der Waals surface area contributed by atoms with Crippen LogP contribution in [0.25, 0.3) is 0 Å². The molecule has 25 heavy (non-hydrogen) atoms. The predicted octanol–water partition coefficient (Wildman–Crippen LogP) is 1.71. The first-order valence-electron chi connectivity index (χ1n) is 10.2. The van der Waals surface area contributed by atoms with Crippen LogP contribution in [0.2, 0.25) is 0 Å². The standard InChI is InChI=1S/C19H36N4O2/c1-3-20-19(21-10-11-22(2)16-7-4-5-8-16)23-12-14-25-18(15-23)17-9-6-13-24-17/h16-18H,3-15H2,1-2H3,(H,20,21). The van der Waals surface area contributed by atoms with Crippen LogP contribution < -0.4 is 5.32 Å². The van der Waals surface area contributed by atoms with Gasteiger partial charge in [0.15, 0.2) is 5.96 Å². The number of nitrogens with zero attached hydrogens (tertiary/aromatic N) is 3. The van der Waals surface area contributed by atoms with Gasteiger partial charge >= 0.3 is 0 Å². The Balaban J connectivity index is 1.51. The van der Waals surface area contributed by atoms with Crippen LogP contribution >= 0.6 is 0 Å². The maximum Gasteiger partial charge on any atom is 0.194 e. The average molecular weight is 353 g/mol. The summed E-state index contributed by atoms with van der Waals surface area (Å²) in [7, 11) is 2.25. The molecular formula is C19H36N4O2. The van der Waals surface area contributed by atoms with Gasteiger partial charge in [-0.25, -0.2) is 0 Å². The SMILES string of the molecule is CCNC(=NCCN(C)C1CCCC1)N1CCOC(C2CCCO2)C1. The van der Waals surface area contributed by atoms with E-state index in [-0.39, 0.29) is 12.2 Å². The van der Waals surface area contributed by atoms with E-state index in [1.807, 2.05) is 0 Å². The second-order valence-electron chi connectivity index (χ2n) is 7.56. The quantitative estimate of drug-likeness (QED) is 0.582. The Kier molecular flexibility index (Phi) is 7.37. The van der Waals surface area contributed by atoms with Crippen LogP contribution in [-0.4, -0.2) is 87.0 Å². The summed E-state index contributed by atoms with van der Waals surface area (Å²) in [6.07, 6.45) is 8.21. The van der Waals surface area contributed by atoms with E-state index < -0.39 is 0 Å². The molecule has 3 fully saturated rings. The van der Waals surface area contributed by atoms with Crippen molar-refractivity contribution in [3.05, 3.63) is 0 Å². The van der Waals surface area contributed by atoms with Gasteiger partial charge in [-0.05, 0) is 39.7 Å². The molecule has 2 heterocycles. The Morgan fingerprint density at radius 3 is 2.64 bits per heavy atom. The van der Waals surface area contributed by atoms with Crippen LogP contribution in [-0.2, 0) is 9.47 Å². The molecule has 1 aliphatic carbocycles. The second kappa shape index (κ2) is 9.74. The monoisotopic (exact) mass is 352 g/mol. The lowest BCUT2D eigenvalue weighted by molar-refractivity contribution is -0.0817. The van der Waals surface area contributed by atoms with Gasteiger partial charge in [-0.1, -0.05) is 12.8 Å². The highest BCUT2D eigenvalue weighted by Gasteiger charge is 2.32. The molecule has 2 saturated heterocycles. The van der Waals surface area contributed by atoms with Crippen molar-refractivity contribution in [2.45, 2.75) is 63.7 Å². The molecule has 0 aromatic rings. The fraction of sp³-hybridized carbons (Fsp3) is 0.947. The molecule has 0 radical (unpaired) electrons. The van der Waals surface area contributed by atoms with Gasteiger partial charge in [-0.2, -0.15) is 0 Å². The second-order valence-corrected chi connectivity index (χ2v) is 7.56. The predicted molar refractivity (Wildman–Crippen MR) is 101 cm³/mol. The molecule has 0 aromatic carbocycles. The minimum absolute atomic E-state index is 0.182. The number of ether oxygens (including phenoxy) is 2. The van der Waals surface area contributed by atoms with E-state index in [2.05, 4.69) is 29.1 Å². The highest BCUT2D eigenvalue weighted by Crippen LogP contribution is 2.22. The largest absolute Gasteiger partial charge is 0.375 e. The van der Waals surface area contributed by atoms with Crippen molar-refractivity contribution in [2.24, 2.45) is 4.99 Å². The van der Waals surface area contributed by atoms with Crippen molar-refractivity contribution >= 4 is 5.96 Å².